The minimum Gasteiger partial charge on any atom is -0.344 e. The molecule has 0 spiro atoms. The van der Waals surface area contributed by atoms with Gasteiger partial charge in [-0.1, -0.05) is 0 Å². The third kappa shape index (κ3) is 1.64. The summed E-state index contributed by atoms with van der Waals surface area (Å²) in [6, 6.07) is 8.16. The second-order valence-electron chi connectivity index (χ2n) is 4.12. The highest BCUT2D eigenvalue weighted by atomic mass is 32.1. The lowest BCUT2D eigenvalue weighted by Gasteiger charge is -2.23. The lowest BCUT2D eigenvalue weighted by atomic mass is 10.0. The maximum atomic E-state index is 9.18. The van der Waals surface area contributed by atoms with Crippen molar-refractivity contribution in [1.29, 1.82) is 5.26 Å². The van der Waals surface area contributed by atoms with Crippen LogP contribution in [-0.4, -0.2) is 13.2 Å². The van der Waals surface area contributed by atoms with Gasteiger partial charge < -0.3 is 9.47 Å². The number of thiophene rings is 1. The van der Waals surface area contributed by atoms with E-state index < -0.39 is 5.79 Å². The first-order chi connectivity index (χ1) is 8.23. The van der Waals surface area contributed by atoms with E-state index in [1.54, 1.807) is 11.3 Å². The third-order valence-corrected chi connectivity index (χ3v) is 4.00. The van der Waals surface area contributed by atoms with Crippen LogP contribution in [-0.2, 0) is 15.3 Å². The Bertz CT molecular complexity index is 605. The molecular formula is C13H11NO2S. The van der Waals surface area contributed by atoms with Crippen LogP contribution in [0.5, 0.6) is 0 Å². The Labute approximate surface area is 103 Å². The van der Waals surface area contributed by atoms with Gasteiger partial charge in [0.15, 0.2) is 5.79 Å². The van der Waals surface area contributed by atoms with Crippen molar-refractivity contribution in [3.63, 3.8) is 0 Å². The molecule has 2 heterocycles. The van der Waals surface area contributed by atoms with Crippen LogP contribution in [0.1, 0.15) is 18.1 Å². The van der Waals surface area contributed by atoms with Crippen LogP contribution < -0.4 is 0 Å². The first kappa shape index (κ1) is 10.7. The topological polar surface area (TPSA) is 42.2 Å². The normalized spacial score (nSPS) is 18.4. The Balaban J connectivity index is 2.21. The quantitative estimate of drug-likeness (QED) is 0.775. The maximum absolute atomic E-state index is 9.18. The van der Waals surface area contributed by atoms with E-state index in [1.165, 1.54) is 0 Å². The average molecular weight is 245 g/mol. The molecule has 0 bridgehead atoms. The number of ether oxygens (including phenoxy) is 2. The summed E-state index contributed by atoms with van der Waals surface area (Å²) in [6.07, 6.45) is 0. The van der Waals surface area contributed by atoms with E-state index in [4.69, 9.17) is 9.47 Å². The van der Waals surface area contributed by atoms with Crippen molar-refractivity contribution in [2.45, 2.75) is 12.7 Å². The molecule has 1 fully saturated rings. The van der Waals surface area contributed by atoms with Crippen LogP contribution in [0.3, 0.4) is 0 Å². The fourth-order valence-electron chi connectivity index (χ4n) is 2.11. The molecule has 1 aromatic carbocycles. The minimum absolute atomic E-state index is 0.597. The lowest BCUT2D eigenvalue weighted by Crippen LogP contribution is -2.22. The fraction of sp³-hybridized carbons (Fsp3) is 0.308. The summed E-state index contributed by atoms with van der Waals surface area (Å²) in [4.78, 5) is 0. The predicted octanol–water partition coefficient (Wildman–Crippen LogP) is 2.99. The smallest absolute Gasteiger partial charge is 0.192 e. The van der Waals surface area contributed by atoms with Gasteiger partial charge in [0, 0.05) is 5.56 Å². The molecule has 0 aliphatic carbocycles. The molecule has 0 saturated carbocycles. The Kier molecular flexibility index (Phi) is 2.40. The van der Waals surface area contributed by atoms with Crippen molar-refractivity contribution in [3.8, 4) is 6.07 Å². The van der Waals surface area contributed by atoms with E-state index in [0.717, 1.165) is 15.6 Å². The van der Waals surface area contributed by atoms with Gasteiger partial charge in [0.1, 0.15) is 6.07 Å². The monoisotopic (exact) mass is 245 g/mol. The SMILES string of the molecule is CC1(c2cc(C#N)c3sccc3c2)OCCO1. The van der Waals surface area contributed by atoms with E-state index in [1.807, 2.05) is 30.5 Å². The van der Waals surface area contributed by atoms with Crippen LogP contribution in [0.2, 0.25) is 0 Å². The molecule has 4 heteroatoms. The standard InChI is InChI=1S/C13H11NO2S/c1-13(15-3-4-16-13)11-6-9-2-5-17-12(9)10(7-11)8-14/h2,5-7H,3-4H2,1H3. The zero-order valence-corrected chi connectivity index (χ0v) is 10.2. The van der Waals surface area contributed by atoms with Gasteiger partial charge in [-0.15, -0.1) is 11.3 Å². The van der Waals surface area contributed by atoms with Gasteiger partial charge >= 0.3 is 0 Å². The highest BCUT2D eigenvalue weighted by Crippen LogP contribution is 2.35. The molecule has 1 aromatic heterocycles. The highest BCUT2D eigenvalue weighted by Gasteiger charge is 2.33. The molecule has 17 heavy (non-hydrogen) atoms. The molecule has 86 valence electrons. The van der Waals surface area contributed by atoms with Gasteiger partial charge in [0.05, 0.1) is 23.5 Å². The van der Waals surface area contributed by atoms with E-state index >= 15 is 0 Å². The summed E-state index contributed by atoms with van der Waals surface area (Å²) in [5.41, 5.74) is 1.60. The molecule has 2 aromatic rings. The zero-order chi connectivity index (χ0) is 11.9. The number of rotatable bonds is 1. The molecule has 1 saturated heterocycles. The van der Waals surface area contributed by atoms with Crippen LogP contribution in [0.25, 0.3) is 10.1 Å². The van der Waals surface area contributed by atoms with E-state index in [-0.39, 0.29) is 0 Å². The molecule has 0 atom stereocenters. The summed E-state index contributed by atoms with van der Waals surface area (Å²) in [5.74, 6) is -0.707. The maximum Gasteiger partial charge on any atom is 0.192 e. The summed E-state index contributed by atoms with van der Waals surface area (Å²) in [6.45, 7) is 3.09. The summed E-state index contributed by atoms with van der Waals surface area (Å²) >= 11 is 1.58. The van der Waals surface area contributed by atoms with Crippen LogP contribution in [0, 0.1) is 11.3 Å². The third-order valence-electron chi connectivity index (χ3n) is 3.03. The van der Waals surface area contributed by atoms with Gasteiger partial charge in [-0.25, -0.2) is 0 Å². The van der Waals surface area contributed by atoms with Gasteiger partial charge in [0.25, 0.3) is 0 Å². The van der Waals surface area contributed by atoms with Gasteiger partial charge in [-0.2, -0.15) is 5.26 Å². The molecule has 1 aliphatic heterocycles. The predicted molar refractivity (Wildman–Crippen MR) is 65.8 cm³/mol. The highest BCUT2D eigenvalue weighted by molar-refractivity contribution is 7.17. The first-order valence-corrected chi connectivity index (χ1v) is 6.31. The van der Waals surface area contributed by atoms with Crippen LogP contribution in [0.15, 0.2) is 23.6 Å². The van der Waals surface area contributed by atoms with E-state index in [9.17, 15) is 5.26 Å². The Morgan fingerprint density at radius 1 is 1.35 bits per heavy atom. The molecule has 0 radical (unpaired) electrons. The Morgan fingerprint density at radius 3 is 2.82 bits per heavy atom. The lowest BCUT2D eigenvalue weighted by molar-refractivity contribution is -0.149. The first-order valence-electron chi connectivity index (χ1n) is 5.43. The number of fused-ring (bicyclic) bond motifs is 1. The largest absolute Gasteiger partial charge is 0.344 e. The number of nitrogens with zero attached hydrogens (tertiary/aromatic N) is 1. The van der Waals surface area contributed by atoms with Crippen molar-refractivity contribution in [3.05, 3.63) is 34.7 Å². The number of nitriles is 1. The molecule has 1 aliphatic rings. The second-order valence-corrected chi connectivity index (χ2v) is 5.03. The van der Waals surface area contributed by atoms with E-state index in [2.05, 4.69) is 6.07 Å². The molecule has 3 nitrogen and oxygen atoms in total. The second kappa shape index (κ2) is 3.81. The van der Waals surface area contributed by atoms with Crippen LogP contribution >= 0.6 is 11.3 Å². The average Bonchev–Trinajstić information content (AvgIpc) is 2.96. The minimum atomic E-state index is -0.707. The summed E-state index contributed by atoms with van der Waals surface area (Å²) < 4.78 is 12.3. The van der Waals surface area contributed by atoms with Crippen molar-refractivity contribution in [1.82, 2.24) is 0 Å². The van der Waals surface area contributed by atoms with E-state index in [0.29, 0.717) is 18.8 Å². The van der Waals surface area contributed by atoms with Crippen molar-refractivity contribution in [2.75, 3.05) is 13.2 Å². The van der Waals surface area contributed by atoms with Crippen molar-refractivity contribution < 1.29 is 9.47 Å². The summed E-state index contributed by atoms with van der Waals surface area (Å²) in [5, 5.41) is 12.2. The van der Waals surface area contributed by atoms with Gasteiger partial charge in [-0.05, 0) is 35.9 Å². The van der Waals surface area contributed by atoms with Crippen molar-refractivity contribution in [2.24, 2.45) is 0 Å². The molecule has 0 N–H and O–H groups in total. The summed E-state index contributed by atoms with van der Waals surface area (Å²) in [7, 11) is 0. The number of hydrogen-bond donors (Lipinski definition) is 0. The Morgan fingerprint density at radius 2 is 2.12 bits per heavy atom. The molecule has 3 rings (SSSR count). The Hall–Kier alpha value is -1.41. The molecule has 0 unspecified atom stereocenters. The number of hydrogen-bond acceptors (Lipinski definition) is 4. The zero-order valence-electron chi connectivity index (χ0n) is 9.40. The fourth-order valence-corrected chi connectivity index (χ4v) is 2.95. The van der Waals surface area contributed by atoms with Crippen LogP contribution in [0.4, 0.5) is 0 Å². The number of benzene rings is 1. The van der Waals surface area contributed by atoms with Gasteiger partial charge in [0.2, 0.25) is 0 Å². The van der Waals surface area contributed by atoms with Crippen molar-refractivity contribution >= 4 is 21.4 Å². The molecule has 0 amide bonds. The molecular weight excluding hydrogens is 234 g/mol. The van der Waals surface area contributed by atoms with Gasteiger partial charge in [-0.3, -0.25) is 0 Å².